The van der Waals surface area contributed by atoms with Gasteiger partial charge in [0.15, 0.2) is 0 Å². The third-order valence-electron chi connectivity index (χ3n) is 2.82. The monoisotopic (exact) mass is 256 g/mol. The van der Waals surface area contributed by atoms with E-state index in [1.165, 1.54) is 12.1 Å². The highest BCUT2D eigenvalue weighted by Gasteiger charge is 2.33. The summed E-state index contributed by atoms with van der Waals surface area (Å²) in [5.74, 6) is -0.724. The van der Waals surface area contributed by atoms with E-state index in [9.17, 15) is 9.90 Å². The molecule has 1 aromatic heterocycles. The summed E-state index contributed by atoms with van der Waals surface area (Å²) >= 11 is 5.78. The van der Waals surface area contributed by atoms with Gasteiger partial charge < -0.3 is 15.1 Å². The summed E-state index contributed by atoms with van der Waals surface area (Å²) in [5, 5.41) is 19.2. The number of aliphatic hydroxyl groups is 1. The van der Waals surface area contributed by atoms with Crippen LogP contribution in [0.15, 0.2) is 12.1 Å². The minimum Gasteiger partial charge on any atom is -0.478 e. The summed E-state index contributed by atoms with van der Waals surface area (Å²) in [6.45, 7) is 2.65. The standard InChI is InChI=1S/C11H13ClN2O3/c1-11(17)4-5-14(6-11)9-7(10(15)16)2-3-8(12)13-9/h2-3,17H,4-6H2,1H3,(H,15,16). The first-order valence-electron chi connectivity index (χ1n) is 5.26. The van der Waals surface area contributed by atoms with Gasteiger partial charge in [-0.3, -0.25) is 0 Å². The molecular formula is C11H13ClN2O3. The molecule has 1 aromatic rings. The second-order valence-corrected chi connectivity index (χ2v) is 4.87. The fraction of sp³-hybridized carbons (Fsp3) is 0.455. The first kappa shape index (κ1) is 12.1. The predicted molar refractivity (Wildman–Crippen MR) is 63.7 cm³/mol. The Morgan fingerprint density at radius 2 is 2.29 bits per heavy atom. The largest absolute Gasteiger partial charge is 0.478 e. The predicted octanol–water partition coefficient (Wildman–Crippen LogP) is 1.39. The van der Waals surface area contributed by atoms with Crippen LogP contribution in [0, 0.1) is 0 Å². The summed E-state index contributed by atoms with van der Waals surface area (Å²) in [6, 6.07) is 2.88. The molecule has 0 aliphatic carbocycles. The van der Waals surface area contributed by atoms with Crippen LogP contribution in [-0.2, 0) is 0 Å². The molecule has 1 aliphatic rings. The molecule has 0 spiro atoms. The molecule has 0 saturated carbocycles. The number of nitrogens with zero attached hydrogens (tertiary/aromatic N) is 2. The van der Waals surface area contributed by atoms with Crippen LogP contribution >= 0.6 is 11.6 Å². The molecule has 1 saturated heterocycles. The number of carboxylic acids is 1. The molecule has 5 nitrogen and oxygen atoms in total. The van der Waals surface area contributed by atoms with Gasteiger partial charge in [0, 0.05) is 13.1 Å². The van der Waals surface area contributed by atoms with Crippen molar-refractivity contribution in [3.05, 3.63) is 22.8 Å². The van der Waals surface area contributed by atoms with E-state index in [2.05, 4.69) is 4.98 Å². The van der Waals surface area contributed by atoms with Crippen LogP contribution in [0.1, 0.15) is 23.7 Å². The molecule has 2 heterocycles. The Kier molecular flexibility index (Phi) is 2.97. The van der Waals surface area contributed by atoms with Crippen molar-refractivity contribution in [3.8, 4) is 0 Å². The van der Waals surface area contributed by atoms with E-state index in [4.69, 9.17) is 16.7 Å². The topological polar surface area (TPSA) is 73.7 Å². The lowest BCUT2D eigenvalue weighted by Crippen LogP contribution is -2.31. The quantitative estimate of drug-likeness (QED) is 0.783. The minimum absolute atomic E-state index is 0.104. The van der Waals surface area contributed by atoms with Crippen LogP contribution in [0.3, 0.4) is 0 Å². The van der Waals surface area contributed by atoms with Gasteiger partial charge in [-0.2, -0.15) is 0 Å². The maximum absolute atomic E-state index is 11.1. The number of halogens is 1. The first-order valence-corrected chi connectivity index (χ1v) is 5.64. The molecule has 0 amide bonds. The van der Waals surface area contributed by atoms with Gasteiger partial charge >= 0.3 is 5.97 Å². The third kappa shape index (κ3) is 2.50. The van der Waals surface area contributed by atoms with Crippen molar-refractivity contribution >= 4 is 23.4 Å². The first-order chi connectivity index (χ1) is 7.89. The van der Waals surface area contributed by atoms with Gasteiger partial charge in [0.25, 0.3) is 0 Å². The van der Waals surface area contributed by atoms with Crippen LogP contribution in [0.25, 0.3) is 0 Å². The number of carbonyl (C=O) groups is 1. The summed E-state index contributed by atoms with van der Waals surface area (Å²) in [4.78, 5) is 16.9. The van der Waals surface area contributed by atoms with E-state index in [1.807, 2.05) is 0 Å². The summed E-state index contributed by atoms with van der Waals surface area (Å²) < 4.78 is 0. The van der Waals surface area contributed by atoms with Crippen LogP contribution < -0.4 is 4.90 Å². The molecule has 2 N–H and O–H groups in total. The number of hydrogen-bond acceptors (Lipinski definition) is 4. The van der Waals surface area contributed by atoms with Gasteiger partial charge in [0.05, 0.1) is 5.60 Å². The van der Waals surface area contributed by atoms with Gasteiger partial charge in [-0.05, 0) is 25.5 Å². The molecule has 6 heteroatoms. The van der Waals surface area contributed by atoms with Crippen molar-refractivity contribution in [1.29, 1.82) is 0 Å². The minimum atomic E-state index is -1.05. The summed E-state index contributed by atoms with van der Waals surface area (Å²) in [7, 11) is 0. The van der Waals surface area contributed by atoms with E-state index in [1.54, 1.807) is 11.8 Å². The molecular weight excluding hydrogens is 244 g/mol. The normalized spacial score (nSPS) is 24.1. The fourth-order valence-corrected chi connectivity index (χ4v) is 2.10. The van der Waals surface area contributed by atoms with Gasteiger partial charge in [-0.1, -0.05) is 11.6 Å². The average Bonchev–Trinajstić information content (AvgIpc) is 2.58. The highest BCUT2D eigenvalue weighted by Crippen LogP contribution is 2.28. The van der Waals surface area contributed by atoms with Crippen molar-refractivity contribution in [2.75, 3.05) is 18.0 Å². The zero-order chi connectivity index (χ0) is 12.6. The summed E-state index contributed by atoms with van der Waals surface area (Å²) in [6.07, 6.45) is 0.584. The SMILES string of the molecule is CC1(O)CCN(c2nc(Cl)ccc2C(=O)O)C1. The second kappa shape index (κ2) is 4.16. The van der Waals surface area contributed by atoms with Crippen molar-refractivity contribution in [1.82, 2.24) is 4.98 Å². The Labute approximate surface area is 104 Å². The molecule has 1 fully saturated rings. The lowest BCUT2D eigenvalue weighted by Gasteiger charge is -2.21. The van der Waals surface area contributed by atoms with Gasteiger partial charge in [-0.15, -0.1) is 0 Å². The molecule has 1 aliphatic heterocycles. The number of aromatic carboxylic acids is 1. The van der Waals surface area contributed by atoms with E-state index in [0.29, 0.717) is 25.3 Å². The van der Waals surface area contributed by atoms with Gasteiger partial charge in [0.2, 0.25) is 0 Å². The van der Waals surface area contributed by atoms with E-state index in [-0.39, 0.29) is 10.7 Å². The zero-order valence-corrected chi connectivity index (χ0v) is 10.1. The highest BCUT2D eigenvalue weighted by atomic mass is 35.5. The molecule has 0 radical (unpaired) electrons. The number of hydrogen-bond donors (Lipinski definition) is 2. The van der Waals surface area contributed by atoms with E-state index >= 15 is 0 Å². The molecule has 2 rings (SSSR count). The number of anilines is 1. The maximum atomic E-state index is 11.1. The van der Waals surface area contributed by atoms with Gasteiger partial charge in [0.1, 0.15) is 16.5 Å². The van der Waals surface area contributed by atoms with Crippen LogP contribution in [0.4, 0.5) is 5.82 Å². The van der Waals surface area contributed by atoms with Crippen LogP contribution in [0.2, 0.25) is 5.15 Å². The molecule has 0 bridgehead atoms. The number of pyridine rings is 1. The lowest BCUT2D eigenvalue weighted by atomic mass is 10.1. The molecule has 1 unspecified atom stereocenters. The van der Waals surface area contributed by atoms with Crippen molar-refractivity contribution in [2.45, 2.75) is 18.9 Å². The third-order valence-corrected chi connectivity index (χ3v) is 3.03. The number of β-amino-alcohol motifs (C(OH)–C–C–N with tert-alkyl or cyclic N) is 1. The Morgan fingerprint density at radius 3 is 2.82 bits per heavy atom. The fourth-order valence-electron chi connectivity index (χ4n) is 1.96. The molecule has 1 atom stereocenters. The van der Waals surface area contributed by atoms with Crippen molar-refractivity contribution in [3.63, 3.8) is 0 Å². The van der Waals surface area contributed by atoms with E-state index < -0.39 is 11.6 Å². The molecule has 0 aromatic carbocycles. The Balaban J connectivity index is 2.38. The van der Waals surface area contributed by atoms with Crippen LogP contribution in [0.5, 0.6) is 0 Å². The maximum Gasteiger partial charge on any atom is 0.339 e. The van der Waals surface area contributed by atoms with Crippen molar-refractivity contribution in [2.24, 2.45) is 0 Å². The van der Waals surface area contributed by atoms with Crippen LogP contribution in [-0.4, -0.2) is 39.9 Å². The summed E-state index contributed by atoms with van der Waals surface area (Å²) in [5.41, 5.74) is -0.702. The smallest absolute Gasteiger partial charge is 0.339 e. The Bertz CT molecular complexity index is 462. The van der Waals surface area contributed by atoms with Gasteiger partial charge in [-0.25, -0.2) is 9.78 Å². The Morgan fingerprint density at radius 1 is 1.59 bits per heavy atom. The molecule has 92 valence electrons. The van der Waals surface area contributed by atoms with Crippen molar-refractivity contribution < 1.29 is 15.0 Å². The lowest BCUT2D eigenvalue weighted by molar-refractivity contribution is 0.0695. The average molecular weight is 257 g/mol. The highest BCUT2D eigenvalue weighted by molar-refractivity contribution is 6.29. The Hall–Kier alpha value is -1.33. The zero-order valence-electron chi connectivity index (χ0n) is 9.35. The number of aromatic nitrogens is 1. The van der Waals surface area contributed by atoms with E-state index in [0.717, 1.165) is 0 Å². The number of carboxylic acid groups (broad SMARTS) is 1. The number of rotatable bonds is 2. The second-order valence-electron chi connectivity index (χ2n) is 4.48. The molecule has 17 heavy (non-hydrogen) atoms.